The highest BCUT2D eigenvalue weighted by atomic mass is 32.1. The van der Waals surface area contributed by atoms with Gasteiger partial charge in [0.05, 0.1) is 6.04 Å². The Morgan fingerprint density at radius 2 is 1.87 bits per heavy atom. The van der Waals surface area contributed by atoms with Crippen LogP contribution in [0.2, 0.25) is 0 Å². The lowest BCUT2D eigenvalue weighted by molar-refractivity contribution is -0.132. The Hall–Kier alpha value is -3.13. The number of halogens is 1. The number of likely N-dealkylation sites (tertiary alicyclic amines) is 1. The molecule has 1 N–H and O–H groups in total. The summed E-state index contributed by atoms with van der Waals surface area (Å²) in [6.45, 7) is 0.689. The normalized spacial score (nSPS) is 15.9. The van der Waals surface area contributed by atoms with Crippen LogP contribution in [0.15, 0.2) is 54.6 Å². The molecular weight excluding hydrogens is 403 g/mol. The molecule has 3 aromatic rings. The molecule has 2 amide bonds. The van der Waals surface area contributed by atoms with Gasteiger partial charge in [-0.15, -0.1) is 10.2 Å². The number of benzene rings is 2. The lowest BCUT2D eigenvalue weighted by atomic mass is 10.1. The van der Waals surface area contributed by atoms with E-state index in [0.717, 1.165) is 18.4 Å². The number of aryl methyl sites for hydroxylation is 1. The van der Waals surface area contributed by atoms with Crippen LogP contribution in [0.4, 0.5) is 10.1 Å². The third-order valence-corrected chi connectivity index (χ3v) is 6.09. The second-order valence-corrected chi connectivity index (χ2v) is 8.15. The van der Waals surface area contributed by atoms with Crippen molar-refractivity contribution in [2.75, 3.05) is 11.9 Å². The van der Waals surface area contributed by atoms with Crippen molar-refractivity contribution in [3.63, 3.8) is 0 Å². The maximum Gasteiger partial charge on any atom is 0.286 e. The van der Waals surface area contributed by atoms with Crippen LogP contribution in [0.5, 0.6) is 0 Å². The van der Waals surface area contributed by atoms with Crippen molar-refractivity contribution in [2.45, 2.75) is 31.7 Å². The fourth-order valence-corrected chi connectivity index (χ4v) is 4.43. The smallest absolute Gasteiger partial charge is 0.286 e. The Labute approximate surface area is 177 Å². The van der Waals surface area contributed by atoms with Gasteiger partial charge >= 0.3 is 0 Å². The fourth-order valence-electron chi connectivity index (χ4n) is 3.54. The zero-order valence-electron chi connectivity index (χ0n) is 16.3. The Bertz CT molecular complexity index is 1020. The summed E-state index contributed by atoms with van der Waals surface area (Å²) in [7, 11) is 0. The first-order chi connectivity index (χ1) is 14.6. The maximum absolute atomic E-state index is 13.0. The second kappa shape index (κ2) is 9.13. The second-order valence-electron chi connectivity index (χ2n) is 7.14. The van der Waals surface area contributed by atoms with Gasteiger partial charge in [0.1, 0.15) is 10.8 Å². The summed E-state index contributed by atoms with van der Waals surface area (Å²) in [4.78, 5) is 27.1. The largest absolute Gasteiger partial charge is 0.333 e. The van der Waals surface area contributed by atoms with E-state index in [9.17, 15) is 14.0 Å². The monoisotopic (exact) mass is 424 g/mol. The SMILES string of the molecule is O=C(Nc1ccc(F)cc1)c1nnc(C2CCCN2C(=O)CCc2ccccc2)s1. The van der Waals surface area contributed by atoms with Gasteiger partial charge in [0.25, 0.3) is 5.91 Å². The standard InChI is InChI=1S/C22H21FN4O2S/c23-16-9-11-17(12-10-16)24-20(29)22-26-25-21(30-22)18-7-4-14-27(18)19(28)13-8-15-5-2-1-3-6-15/h1-3,5-6,9-12,18H,4,7-8,13-14H2,(H,24,29). The van der Waals surface area contributed by atoms with Gasteiger partial charge in [0.15, 0.2) is 0 Å². The van der Waals surface area contributed by atoms with E-state index in [4.69, 9.17) is 0 Å². The number of hydrogen-bond donors (Lipinski definition) is 1. The van der Waals surface area contributed by atoms with Gasteiger partial charge in [0.2, 0.25) is 10.9 Å². The molecule has 1 aromatic heterocycles. The van der Waals surface area contributed by atoms with Crippen LogP contribution < -0.4 is 5.32 Å². The van der Waals surface area contributed by atoms with Gasteiger partial charge in [-0.2, -0.15) is 0 Å². The molecule has 30 heavy (non-hydrogen) atoms. The average Bonchev–Trinajstić information content (AvgIpc) is 3.44. The lowest BCUT2D eigenvalue weighted by Crippen LogP contribution is -2.30. The number of aromatic nitrogens is 2. The van der Waals surface area contributed by atoms with Crippen molar-refractivity contribution >= 4 is 28.8 Å². The van der Waals surface area contributed by atoms with Crippen molar-refractivity contribution in [3.8, 4) is 0 Å². The quantitative estimate of drug-likeness (QED) is 0.643. The van der Waals surface area contributed by atoms with Crippen molar-refractivity contribution < 1.29 is 14.0 Å². The van der Waals surface area contributed by atoms with Crippen LogP contribution in [0.3, 0.4) is 0 Å². The van der Waals surface area contributed by atoms with E-state index in [0.29, 0.717) is 30.1 Å². The maximum atomic E-state index is 13.0. The molecular formula is C22H21FN4O2S. The van der Waals surface area contributed by atoms with Gasteiger partial charge in [-0.25, -0.2) is 4.39 Å². The highest BCUT2D eigenvalue weighted by Gasteiger charge is 2.32. The Kier molecular flexibility index (Phi) is 6.13. The molecule has 1 unspecified atom stereocenters. The molecule has 2 aromatic carbocycles. The minimum Gasteiger partial charge on any atom is -0.333 e. The minimum atomic E-state index is -0.398. The van der Waals surface area contributed by atoms with Gasteiger partial charge in [-0.3, -0.25) is 9.59 Å². The predicted molar refractivity (Wildman–Crippen MR) is 113 cm³/mol. The number of nitrogens with zero attached hydrogens (tertiary/aromatic N) is 3. The molecule has 1 atom stereocenters. The van der Waals surface area contributed by atoms with Crippen molar-refractivity contribution in [1.29, 1.82) is 0 Å². The molecule has 8 heteroatoms. The van der Waals surface area contributed by atoms with E-state index in [1.165, 1.54) is 35.6 Å². The Balaban J connectivity index is 1.39. The molecule has 0 aliphatic carbocycles. The molecule has 2 heterocycles. The summed E-state index contributed by atoms with van der Waals surface area (Å²) >= 11 is 1.19. The summed E-state index contributed by atoms with van der Waals surface area (Å²) in [5.74, 6) is -0.677. The highest BCUT2D eigenvalue weighted by molar-refractivity contribution is 7.13. The lowest BCUT2D eigenvalue weighted by Gasteiger charge is -2.22. The molecule has 6 nitrogen and oxygen atoms in total. The van der Waals surface area contributed by atoms with Crippen molar-refractivity contribution in [2.24, 2.45) is 0 Å². The van der Waals surface area contributed by atoms with Gasteiger partial charge in [-0.05, 0) is 49.1 Å². The number of carbonyl (C=O) groups excluding carboxylic acids is 2. The van der Waals surface area contributed by atoms with Crippen LogP contribution in [0.25, 0.3) is 0 Å². The Morgan fingerprint density at radius 3 is 2.63 bits per heavy atom. The Morgan fingerprint density at radius 1 is 1.10 bits per heavy atom. The number of carbonyl (C=O) groups is 2. The van der Waals surface area contributed by atoms with E-state index in [-0.39, 0.29) is 22.8 Å². The van der Waals surface area contributed by atoms with E-state index >= 15 is 0 Å². The molecule has 1 aliphatic rings. The summed E-state index contributed by atoms with van der Waals surface area (Å²) in [6, 6.07) is 15.3. The molecule has 1 fully saturated rings. The summed E-state index contributed by atoms with van der Waals surface area (Å²) in [6.07, 6.45) is 2.85. The van der Waals surface area contributed by atoms with Crippen LogP contribution in [0.1, 0.15) is 45.7 Å². The average molecular weight is 425 g/mol. The van der Waals surface area contributed by atoms with Crippen LogP contribution in [-0.4, -0.2) is 33.5 Å². The molecule has 1 saturated heterocycles. The molecule has 0 bridgehead atoms. The van der Waals surface area contributed by atoms with Gasteiger partial charge in [-0.1, -0.05) is 41.7 Å². The topological polar surface area (TPSA) is 75.2 Å². The summed E-state index contributed by atoms with van der Waals surface area (Å²) in [5, 5.41) is 11.8. The highest BCUT2D eigenvalue weighted by Crippen LogP contribution is 2.34. The molecule has 4 rings (SSSR count). The first-order valence-corrected chi connectivity index (χ1v) is 10.7. The number of amides is 2. The third kappa shape index (κ3) is 4.71. The van der Waals surface area contributed by atoms with Gasteiger partial charge in [0, 0.05) is 18.7 Å². The first-order valence-electron chi connectivity index (χ1n) is 9.84. The van der Waals surface area contributed by atoms with E-state index in [1.807, 2.05) is 35.2 Å². The van der Waals surface area contributed by atoms with E-state index < -0.39 is 5.91 Å². The number of rotatable bonds is 6. The summed E-state index contributed by atoms with van der Waals surface area (Å²) < 4.78 is 13.0. The number of anilines is 1. The van der Waals surface area contributed by atoms with Crippen molar-refractivity contribution in [1.82, 2.24) is 15.1 Å². The number of nitrogens with one attached hydrogen (secondary N) is 1. The third-order valence-electron chi connectivity index (χ3n) is 5.07. The molecule has 154 valence electrons. The molecule has 1 aliphatic heterocycles. The predicted octanol–water partition coefficient (Wildman–Crippen LogP) is 4.23. The van der Waals surface area contributed by atoms with E-state index in [2.05, 4.69) is 15.5 Å². The van der Waals surface area contributed by atoms with Gasteiger partial charge < -0.3 is 10.2 Å². The van der Waals surface area contributed by atoms with Crippen molar-refractivity contribution in [3.05, 3.63) is 76.0 Å². The zero-order chi connectivity index (χ0) is 20.9. The fraction of sp³-hybridized carbons (Fsp3) is 0.273. The zero-order valence-corrected chi connectivity index (χ0v) is 17.1. The molecule has 0 radical (unpaired) electrons. The van der Waals surface area contributed by atoms with E-state index in [1.54, 1.807) is 0 Å². The molecule has 0 spiro atoms. The van der Waals surface area contributed by atoms with Crippen LogP contribution in [0, 0.1) is 5.82 Å². The first kappa shape index (κ1) is 20.2. The molecule has 0 saturated carbocycles. The number of hydrogen-bond acceptors (Lipinski definition) is 5. The summed E-state index contributed by atoms with van der Waals surface area (Å²) in [5.41, 5.74) is 1.62. The van der Waals surface area contributed by atoms with Crippen LogP contribution >= 0.6 is 11.3 Å². The van der Waals surface area contributed by atoms with Crippen LogP contribution in [-0.2, 0) is 11.2 Å². The minimum absolute atomic E-state index is 0.0915.